The molecule has 1 saturated carbocycles. The lowest BCUT2D eigenvalue weighted by molar-refractivity contribution is -0.151. The van der Waals surface area contributed by atoms with Gasteiger partial charge < -0.3 is 9.64 Å². The van der Waals surface area contributed by atoms with Gasteiger partial charge in [0.15, 0.2) is 0 Å². The Bertz CT molecular complexity index is 314. The number of nitrogens with zero attached hydrogens (tertiary/aromatic N) is 1. The van der Waals surface area contributed by atoms with Crippen molar-refractivity contribution in [3.05, 3.63) is 0 Å². The maximum atomic E-state index is 12.4. The van der Waals surface area contributed by atoms with E-state index in [1.807, 2.05) is 0 Å². The van der Waals surface area contributed by atoms with Crippen LogP contribution < -0.4 is 5.32 Å². The first-order chi connectivity index (χ1) is 9.99. The molecule has 1 fully saturated rings. The zero-order valence-corrected chi connectivity index (χ0v) is 14.6. The third kappa shape index (κ3) is 4.96. The van der Waals surface area contributed by atoms with Crippen LogP contribution in [0.3, 0.4) is 0 Å². The summed E-state index contributed by atoms with van der Waals surface area (Å²) in [4.78, 5) is 15.0. The van der Waals surface area contributed by atoms with Gasteiger partial charge >= 0.3 is 5.97 Å². The summed E-state index contributed by atoms with van der Waals surface area (Å²) in [6, 6.07) is 0.776. The minimum atomic E-state index is -0.494. The number of methoxy groups -OCH3 is 1. The lowest BCUT2D eigenvalue weighted by Gasteiger charge is -2.44. The van der Waals surface area contributed by atoms with Gasteiger partial charge in [-0.1, -0.05) is 13.8 Å². The van der Waals surface area contributed by atoms with E-state index in [1.165, 1.54) is 26.4 Å². The first kappa shape index (κ1) is 18.4. The number of hydrogen-bond donors (Lipinski definition) is 1. The molecule has 4 nitrogen and oxygen atoms in total. The normalized spacial score (nSPS) is 26.3. The summed E-state index contributed by atoms with van der Waals surface area (Å²) in [5.41, 5.74) is -0.494. The van der Waals surface area contributed by atoms with E-state index in [4.69, 9.17) is 4.74 Å². The Balaban J connectivity index is 2.88. The van der Waals surface area contributed by atoms with Gasteiger partial charge in [-0.05, 0) is 65.5 Å². The molecule has 124 valence electrons. The van der Waals surface area contributed by atoms with Gasteiger partial charge in [0.05, 0.1) is 7.11 Å². The molecule has 0 aliphatic heterocycles. The number of carbonyl (C=O) groups excluding carboxylic acids is 1. The van der Waals surface area contributed by atoms with Crippen molar-refractivity contribution in [1.82, 2.24) is 10.2 Å². The minimum absolute atomic E-state index is 0.0890. The highest BCUT2D eigenvalue weighted by Gasteiger charge is 2.45. The second-order valence-electron chi connectivity index (χ2n) is 6.66. The first-order valence-corrected chi connectivity index (χ1v) is 8.59. The Hall–Kier alpha value is -0.610. The number of esters is 1. The Labute approximate surface area is 130 Å². The van der Waals surface area contributed by atoms with Crippen LogP contribution in [0.4, 0.5) is 0 Å². The van der Waals surface area contributed by atoms with Gasteiger partial charge in [0.1, 0.15) is 5.54 Å². The van der Waals surface area contributed by atoms with Crippen LogP contribution >= 0.6 is 0 Å². The SMILES string of the molecule is CCCN(CCC)C1CCCC(NC(C)C)(C(=O)OC)C1. The fourth-order valence-electron chi connectivity index (χ4n) is 3.73. The molecule has 21 heavy (non-hydrogen) atoms. The Kier molecular flexibility index (Phi) is 7.67. The largest absolute Gasteiger partial charge is 0.468 e. The molecule has 1 aliphatic rings. The van der Waals surface area contributed by atoms with E-state index >= 15 is 0 Å². The second kappa shape index (κ2) is 8.74. The number of rotatable bonds is 8. The summed E-state index contributed by atoms with van der Waals surface area (Å²) in [5, 5.41) is 3.51. The van der Waals surface area contributed by atoms with Gasteiger partial charge in [0, 0.05) is 12.1 Å². The van der Waals surface area contributed by atoms with Crippen LogP contribution in [-0.2, 0) is 9.53 Å². The number of carbonyl (C=O) groups is 1. The van der Waals surface area contributed by atoms with Crippen molar-refractivity contribution >= 4 is 5.97 Å². The van der Waals surface area contributed by atoms with E-state index < -0.39 is 5.54 Å². The Morgan fingerprint density at radius 1 is 1.33 bits per heavy atom. The van der Waals surface area contributed by atoms with Crippen LogP contribution in [0, 0.1) is 0 Å². The number of ether oxygens (including phenoxy) is 1. The highest BCUT2D eigenvalue weighted by molar-refractivity contribution is 5.81. The predicted molar refractivity (Wildman–Crippen MR) is 87.4 cm³/mol. The minimum Gasteiger partial charge on any atom is -0.468 e. The molecular formula is C17H34N2O2. The average Bonchev–Trinajstić information content (AvgIpc) is 2.45. The van der Waals surface area contributed by atoms with Crippen molar-refractivity contribution in [2.24, 2.45) is 0 Å². The van der Waals surface area contributed by atoms with Crippen LogP contribution in [0.5, 0.6) is 0 Å². The van der Waals surface area contributed by atoms with Crippen LogP contribution in [0.25, 0.3) is 0 Å². The van der Waals surface area contributed by atoms with Crippen LogP contribution in [-0.4, -0.2) is 48.7 Å². The Morgan fingerprint density at radius 2 is 1.95 bits per heavy atom. The van der Waals surface area contributed by atoms with Crippen molar-refractivity contribution < 1.29 is 9.53 Å². The molecule has 1 N–H and O–H groups in total. The molecule has 2 unspecified atom stereocenters. The maximum Gasteiger partial charge on any atom is 0.326 e. The molecule has 0 bridgehead atoms. The first-order valence-electron chi connectivity index (χ1n) is 8.59. The molecular weight excluding hydrogens is 264 g/mol. The molecule has 0 aromatic heterocycles. The number of hydrogen-bond acceptors (Lipinski definition) is 4. The summed E-state index contributed by atoms with van der Waals surface area (Å²) >= 11 is 0. The molecule has 0 saturated heterocycles. The lowest BCUT2D eigenvalue weighted by Crippen LogP contribution is -2.60. The van der Waals surface area contributed by atoms with E-state index in [2.05, 4.69) is 37.9 Å². The van der Waals surface area contributed by atoms with Gasteiger partial charge in [-0.15, -0.1) is 0 Å². The van der Waals surface area contributed by atoms with E-state index in [0.29, 0.717) is 6.04 Å². The van der Waals surface area contributed by atoms with E-state index in [0.717, 1.165) is 32.4 Å². The van der Waals surface area contributed by atoms with E-state index in [9.17, 15) is 4.79 Å². The second-order valence-corrected chi connectivity index (χ2v) is 6.66. The monoisotopic (exact) mass is 298 g/mol. The Morgan fingerprint density at radius 3 is 2.43 bits per heavy atom. The van der Waals surface area contributed by atoms with Crippen LogP contribution in [0.1, 0.15) is 66.2 Å². The molecule has 0 radical (unpaired) electrons. The summed E-state index contributed by atoms with van der Waals surface area (Å²) < 4.78 is 5.12. The molecule has 0 amide bonds. The summed E-state index contributed by atoms with van der Waals surface area (Å²) in [5.74, 6) is -0.0890. The highest BCUT2D eigenvalue weighted by Crippen LogP contribution is 2.33. The topological polar surface area (TPSA) is 41.6 Å². The molecule has 1 rings (SSSR count). The van der Waals surface area contributed by atoms with Gasteiger partial charge in [-0.25, -0.2) is 0 Å². The fraction of sp³-hybridized carbons (Fsp3) is 0.941. The van der Waals surface area contributed by atoms with Gasteiger partial charge in [0.2, 0.25) is 0 Å². The molecule has 0 spiro atoms. The van der Waals surface area contributed by atoms with Crippen LogP contribution in [0.15, 0.2) is 0 Å². The smallest absolute Gasteiger partial charge is 0.326 e. The summed E-state index contributed by atoms with van der Waals surface area (Å²) in [6.07, 6.45) is 6.37. The van der Waals surface area contributed by atoms with E-state index in [-0.39, 0.29) is 12.0 Å². The predicted octanol–water partition coefficient (Wildman–Crippen LogP) is 2.96. The molecule has 0 aromatic carbocycles. The zero-order valence-electron chi connectivity index (χ0n) is 14.6. The quantitative estimate of drug-likeness (QED) is 0.700. The third-order valence-electron chi connectivity index (χ3n) is 4.40. The van der Waals surface area contributed by atoms with Gasteiger partial charge in [-0.3, -0.25) is 10.1 Å². The molecule has 0 aromatic rings. The average molecular weight is 298 g/mol. The lowest BCUT2D eigenvalue weighted by atomic mass is 9.77. The molecule has 2 atom stereocenters. The molecule has 0 heterocycles. The van der Waals surface area contributed by atoms with Gasteiger partial charge in [-0.2, -0.15) is 0 Å². The van der Waals surface area contributed by atoms with Crippen molar-refractivity contribution in [3.8, 4) is 0 Å². The fourth-order valence-corrected chi connectivity index (χ4v) is 3.73. The van der Waals surface area contributed by atoms with E-state index in [1.54, 1.807) is 0 Å². The third-order valence-corrected chi connectivity index (χ3v) is 4.40. The van der Waals surface area contributed by atoms with Crippen molar-refractivity contribution in [2.75, 3.05) is 20.2 Å². The summed E-state index contributed by atoms with van der Waals surface area (Å²) in [7, 11) is 1.51. The maximum absolute atomic E-state index is 12.4. The summed E-state index contributed by atoms with van der Waals surface area (Å²) in [6.45, 7) is 10.9. The zero-order chi connectivity index (χ0) is 15.9. The van der Waals surface area contributed by atoms with Crippen molar-refractivity contribution in [3.63, 3.8) is 0 Å². The highest BCUT2D eigenvalue weighted by atomic mass is 16.5. The molecule has 4 heteroatoms. The van der Waals surface area contributed by atoms with Crippen molar-refractivity contribution in [2.45, 2.75) is 83.8 Å². The van der Waals surface area contributed by atoms with Crippen molar-refractivity contribution in [1.29, 1.82) is 0 Å². The van der Waals surface area contributed by atoms with Crippen LogP contribution in [0.2, 0.25) is 0 Å². The number of nitrogens with one attached hydrogen (secondary N) is 1. The standard InChI is InChI=1S/C17H34N2O2/c1-6-11-19(12-7-2)15-9-8-10-17(13-15,16(20)21-5)18-14(3)4/h14-15,18H,6-13H2,1-5H3. The van der Waals surface area contributed by atoms with Gasteiger partial charge in [0.25, 0.3) is 0 Å². The molecule has 1 aliphatic carbocycles.